The number of methoxy groups -OCH3 is 1. The zero-order valence-corrected chi connectivity index (χ0v) is 17.9. The topological polar surface area (TPSA) is 82.7 Å². The van der Waals surface area contributed by atoms with E-state index in [1.807, 2.05) is 36.1 Å². The molecule has 1 N–H and O–H groups in total. The van der Waals surface area contributed by atoms with Crippen molar-refractivity contribution in [1.82, 2.24) is 14.2 Å². The summed E-state index contributed by atoms with van der Waals surface area (Å²) in [6.45, 7) is 3.93. The number of carbonyl (C=O) groups excluding carboxylic acids is 1. The number of carbonyl (C=O) groups is 1. The lowest BCUT2D eigenvalue weighted by Crippen LogP contribution is -2.49. The quantitative estimate of drug-likeness (QED) is 0.612. The highest BCUT2D eigenvalue weighted by Gasteiger charge is 2.29. The number of aromatic amines is 1. The second-order valence-corrected chi connectivity index (χ2v) is 9.39. The largest absolute Gasteiger partial charge is 0.497 e. The molecule has 0 amide bonds. The lowest BCUT2D eigenvalue weighted by atomic mass is 10.1. The Morgan fingerprint density at radius 3 is 2.37 bits per heavy atom. The average Bonchev–Trinajstić information content (AvgIpc) is 3.10. The maximum atomic E-state index is 13.0. The van der Waals surface area contributed by atoms with Gasteiger partial charge in [0.05, 0.1) is 18.6 Å². The van der Waals surface area contributed by atoms with Gasteiger partial charge in [0.25, 0.3) is 0 Å². The summed E-state index contributed by atoms with van der Waals surface area (Å²) in [5.74, 6) is 0.668. The van der Waals surface area contributed by atoms with Gasteiger partial charge >= 0.3 is 0 Å². The van der Waals surface area contributed by atoms with Crippen molar-refractivity contribution >= 4 is 26.7 Å². The lowest BCUT2D eigenvalue weighted by Gasteiger charge is -2.33. The van der Waals surface area contributed by atoms with Crippen LogP contribution in [0.25, 0.3) is 10.9 Å². The smallest absolute Gasteiger partial charge is 0.243 e. The fraction of sp³-hybridized carbons (Fsp3) is 0.318. The van der Waals surface area contributed by atoms with Crippen LogP contribution in [0.5, 0.6) is 5.75 Å². The van der Waals surface area contributed by atoms with E-state index in [0.29, 0.717) is 31.9 Å². The molecule has 2 aromatic carbocycles. The number of ketones is 1. The Kier molecular flexibility index (Phi) is 5.64. The van der Waals surface area contributed by atoms with Crippen molar-refractivity contribution in [2.45, 2.75) is 11.8 Å². The standard InChI is InChI=1S/C22H25N3O4S/c1-16-22(19-5-3-4-6-20(19)23-16)21(26)15-24-11-13-25(14-12-24)30(27,28)18-9-7-17(29-2)8-10-18/h3-10,23H,11-15H2,1-2H3. The van der Waals surface area contributed by atoms with Crippen molar-refractivity contribution in [3.63, 3.8) is 0 Å². The van der Waals surface area contributed by atoms with Crippen molar-refractivity contribution in [2.75, 3.05) is 39.8 Å². The molecule has 0 unspecified atom stereocenters. The van der Waals surface area contributed by atoms with Crippen molar-refractivity contribution in [3.05, 3.63) is 59.8 Å². The van der Waals surface area contributed by atoms with Crippen LogP contribution in [0, 0.1) is 6.92 Å². The lowest BCUT2D eigenvalue weighted by molar-refractivity contribution is 0.0903. The molecule has 1 fully saturated rings. The number of piperazine rings is 1. The van der Waals surface area contributed by atoms with E-state index < -0.39 is 10.0 Å². The van der Waals surface area contributed by atoms with E-state index in [1.54, 1.807) is 31.4 Å². The summed E-state index contributed by atoms with van der Waals surface area (Å²) in [6, 6.07) is 14.2. The van der Waals surface area contributed by atoms with E-state index in [-0.39, 0.29) is 17.2 Å². The van der Waals surface area contributed by atoms with E-state index in [4.69, 9.17) is 4.74 Å². The highest BCUT2D eigenvalue weighted by Crippen LogP contribution is 2.24. The highest BCUT2D eigenvalue weighted by atomic mass is 32.2. The Hall–Kier alpha value is -2.68. The summed E-state index contributed by atoms with van der Waals surface area (Å²) < 4.78 is 32.4. The zero-order valence-electron chi connectivity index (χ0n) is 17.1. The number of H-pyrrole nitrogens is 1. The minimum Gasteiger partial charge on any atom is -0.497 e. The van der Waals surface area contributed by atoms with E-state index in [0.717, 1.165) is 22.2 Å². The molecular formula is C22H25N3O4S. The second-order valence-electron chi connectivity index (χ2n) is 7.45. The summed E-state index contributed by atoms with van der Waals surface area (Å²) in [4.78, 5) is 18.5. The number of para-hydroxylation sites is 1. The van der Waals surface area contributed by atoms with Gasteiger partial charge in [-0.05, 0) is 37.3 Å². The van der Waals surface area contributed by atoms with Crippen LogP contribution in [-0.4, -0.2) is 68.2 Å². The maximum Gasteiger partial charge on any atom is 0.243 e. The number of nitrogens with one attached hydrogen (secondary N) is 1. The van der Waals surface area contributed by atoms with Crippen molar-refractivity contribution in [2.24, 2.45) is 0 Å². The molecule has 1 aliphatic heterocycles. The number of nitrogens with zero attached hydrogens (tertiary/aromatic N) is 2. The van der Waals surface area contributed by atoms with Gasteiger partial charge in [-0.25, -0.2) is 8.42 Å². The summed E-state index contributed by atoms with van der Waals surface area (Å²) in [7, 11) is -2.01. The predicted octanol–water partition coefficient (Wildman–Crippen LogP) is 2.67. The molecule has 0 aliphatic carbocycles. The number of sulfonamides is 1. The Morgan fingerprint density at radius 1 is 1.03 bits per heavy atom. The molecule has 1 saturated heterocycles. The summed E-state index contributed by atoms with van der Waals surface area (Å²) in [5.41, 5.74) is 2.54. The number of aryl methyl sites for hydroxylation is 1. The number of aromatic nitrogens is 1. The van der Waals surface area contributed by atoms with Gasteiger partial charge in [-0.3, -0.25) is 9.69 Å². The van der Waals surface area contributed by atoms with Crippen LogP contribution in [0.4, 0.5) is 0 Å². The molecule has 0 bridgehead atoms. The molecule has 3 aromatic rings. The number of hydrogen-bond acceptors (Lipinski definition) is 5. The number of hydrogen-bond donors (Lipinski definition) is 1. The van der Waals surface area contributed by atoms with Crippen molar-refractivity contribution in [1.29, 1.82) is 0 Å². The van der Waals surface area contributed by atoms with Crippen LogP contribution in [0.1, 0.15) is 16.1 Å². The Labute approximate surface area is 176 Å². The van der Waals surface area contributed by atoms with Gasteiger partial charge in [-0.2, -0.15) is 4.31 Å². The van der Waals surface area contributed by atoms with Gasteiger partial charge in [-0.15, -0.1) is 0 Å². The molecule has 8 heteroatoms. The van der Waals surface area contributed by atoms with Crippen molar-refractivity contribution < 1.29 is 17.9 Å². The van der Waals surface area contributed by atoms with Crippen LogP contribution in [0.3, 0.4) is 0 Å². The van der Waals surface area contributed by atoms with Crippen LogP contribution < -0.4 is 4.74 Å². The fourth-order valence-corrected chi connectivity index (χ4v) is 5.37. The predicted molar refractivity (Wildman–Crippen MR) is 116 cm³/mol. The van der Waals surface area contributed by atoms with E-state index in [2.05, 4.69) is 4.98 Å². The molecule has 0 saturated carbocycles. The van der Waals surface area contributed by atoms with Crippen LogP contribution in [0.2, 0.25) is 0 Å². The zero-order chi connectivity index (χ0) is 21.3. The molecule has 7 nitrogen and oxygen atoms in total. The van der Waals surface area contributed by atoms with Crippen LogP contribution in [-0.2, 0) is 10.0 Å². The van der Waals surface area contributed by atoms with Crippen LogP contribution >= 0.6 is 0 Å². The van der Waals surface area contributed by atoms with E-state index >= 15 is 0 Å². The molecule has 1 aromatic heterocycles. The summed E-state index contributed by atoms with van der Waals surface area (Å²) in [6.07, 6.45) is 0. The number of benzene rings is 2. The summed E-state index contributed by atoms with van der Waals surface area (Å²) >= 11 is 0. The van der Waals surface area contributed by atoms with Crippen LogP contribution in [0.15, 0.2) is 53.4 Å². The minimum absolute atomic E-state index is 0.0522. The Bertz CT molecular complexity index is 1160. The number of rotatable bonds is 6. The maximum absolute atomic E-state index is 13.0. The van der Waals surface area contributed by atoms with Gasteiger partial charge < -0.3 is 9.72 Å². The van der Waals surface area contributed by atoms with E-state index in [1.165, 1.54) is 4.31 Å². The molecular weight excluding hydrogens is 402 g/mol. The molecule has 30 heavy (non-hydrogen) atoms. The first-order chi connectivity index (χ1) is 14.4. The Balaban J connectivity index is 1.41. The third kappa shape index (κ3) is 3.86. The molecule has 0 radical (unpaired) electrons. The molecule has 4 rings (SSSR count). The third-order valence-electron chi connectivity index (χ3n) is 5.57. The van der Waals surface area contributed by atoms with Gasteiger partial charge in [0.15, 0.2) is 5.78 Å². The SMILES string of the molecule is COc1ccc(S(=O)(=O)N2CCN(CC(=O)c3c(C)[nH]c4ccccc34)CC2)cc1. The first kappa shape index (κ1) is 20.6. The minimum atomic E-state index is -3.56. The van der Waals surface area contributed by atoms with E-state index in [9.17, 15) is 13.2 Å². The van der Waals surface area contributed by atoms with Crippen molar-refractivity contribution in [3.8, 4) is 5.75 Å². The van der Waals surface area contributed by atoms with Gasteiger partial charge in [0, 0.05) is 48.3 Å². The molecule has 0 atom stereocenters. The summed E-state index contributed by atoms with van der Waals surface area (Å²) in [5, 5.41) is 0.931. The average molecular weight is 428 g/mol. The number of Topliss-reactive ketones (excluding diaryl/α,β-unsaturated/α-hetero) is 1. The van der Waals surface area contributed by atoms with Gasteiger partial charge in [0.1, 0.15) is 5.75 Å². The molecule has 0 spiro atoms. The second kappa shape index (κ2) is 8.22. The monoisotopic (exact) mass is 427 g/mol. The molecule has 2 heterocycles. The number of ether oxygens (including phenoxy) is 1. The molecule has 158 valence electrons. The highest BCUT2D eigenvalue weighted by molar-refractivity contribution is 7.89. The molecule has 1 aliphatic rings. The fourth-order valence-electron chi connectivity index (χ4n) is 3.94. The first-order valence-corrected chi connectivity index (χ1v) is 11.3. The Morgan fingerprint density at radius 2 is 1.70 bits per heavy atom. The third-order valence-corrected chi connectivity index (χ3v) is 7.48. The first-order valence-electron chi connectivity index (χ1n) is 9.87. The van der Waals surface area contributed by atoms with Gasteiger partial charge in [0.2, 0.25) is 10.0 Å². The van der Waals surface area contributed by atoms with Gasteiger partial charge in [-0.1, -0.05) is 18.2 Å². The number of fused-ring (bicyclic) bond motifs is 1. The normalized spacial score (nSPS) is 16.1.